The molecule has 6 nitrogen and oxygen atoms in total. The topological polar surface area (TPSA) is 79.4 Å². The molecule has 0 saturated heterocycles. The van der Waals surface area contributed by atoms with Crippen molar-refractivity contribution in [3.05, 3.63) is 58.1 Å². The third kappa shape index (κ3) is 4.32. The van der Waals surface area contributed by atoms with Crippen LogP contribution in [-0.2, 0) is 22.7 Å². The molecular weight excluding hydrogens is 439 g/mol. The number of benzene rings is 1. The fourth-order valence-electron chi connectivity index (χ4n) is 2.73. The summed E-state index contributed by atoms with van der Waals surface area (Å²) >= 11 is 0.898. The van der Waals surface area contributed by atoms with Crippen LogP contribution in [0, 0.1) is 6.92 Å². The van der Waals surface area contributed by atoms with Crippen molar-refractivity contribution in [3.63, 3.8) is 0 Å². The average Bonchev–Trinajstić information content (AvgIpc) is 3.02. The lowest BCUT2D eigenvalue weighted by Gasteiger charge is -2.11. The first-order valence-corrected chi connectivity index (χ1v) is 10.9. The zero-order valence-electron chi connectivity index (χ0n) is 16.2. The molecule has 3 aromatic rings. The van der Waals surface area contributed by atoms with Crippen molar-refractivity contribution in [2.45, 2.75) is 24.5 Å². The summed E-state index contributed by atoms with van der Waals surface area (Å²) in [5, 5.41) is 3.20. The average molecular weight is 457 g/mol. The minimum absolute atomic E-state index is 0.134. The summed E-state index contributed by atoms with van der Waals surface area (Å²) < 4.78 is 63.8. The van der Waals surface area contributed by atoms with Gasteiger partial charge >= 0.3 is 6.18 Å². The number of halogens is 3. The van der Waals surface area contributed by atoms with Gasteiger partial charge in [-0.3, -0.25) is 4.79 Å². The molecule has 0 fully saturated rings. The first kappa shape index (κ1) is 22.2. The number of pyridine rings is 1. The molecule has 1 N–H and O–H groups in total. The van der Waals surface area contributed by atoms with Gasteiger partial charge in [0.05, 0.1) is 9.77 Å². The highest BCUT2D eigenvalue weighted by atomic mass is 32.2. The molecule has 0 aliphatic rings. The Kier molecular flexibility index (Phi) is 5.89. The van der Waals surface area contributed by atoms with Crippen molar-refractivity contribution in [1.82, 2.24) is 14.6 Å². The number of carbonyl (C=O) groups excluding carboxylic acids is 1. The summed E-state index contributed by atoms with van der Waals surface area (Å²) in [5.74, 6) is -0.436. The molecular formula is C19H18F3N3O3S2. The Morgan fingerprint density at radius 1 is 1.13 bits per heavy atom. The fourth-order valence-corrected chi connectivity index (χ4v) is 4.72. The highest BCUT2D eigenvalue weighted by Gasteiger charge is 2.33. The standard InChI is InChI=1S/C19H18F3N3O3S2/c1-11-14-8-9-15(19(20,21)22)24-18(14)29-16(11)17(26)23-10-12-4-6-13(7-5-12)30(27,28)25(2)3/h4-9H,10H2,1-3H3,(H,23,26). The number of rotatable bonds is 5. The molecule has 30 heavy (non-hydrogen) atoms. The summed E-state index contributed by atoms with van der Waals surface area (Å²) in [6.07, 6.45) is -4.55. The Bertz CT molecular complexity index is 1200. The summed E-state index contributed by atoms with van der Waals surface area (Å²) in [6.45, 7) is 1.79. The number of fused-ring (bicyclic) bond motifs is 1. The molecule has 0 aliphatic carbocycles. The molecule has 0 saturated carbocycles. The molecule has 0 bridgehead atoms. The van der Waals surface area contributed by atoms with Gasteiger partial charge in [0.15, 0.2) is 0 Å². The molecule has 0 aliphatic heterocycles. The maximum absolute atomic E-state index is 12.9. The Hall–Kier alpha value is -2.50. The van der Waals surface area contributed by atoms with Gasteiger partial charge in [0.2, 0.25) is 10.0 Å². The number of nitrogens with one attached hydrogen (secondary N) is 1. The molecule has 1 aromatic carbocycles. The normalized spacial score (nSPS) is 12.5. The lowest BCUT2D eigenvalue weighted by molar-refractivity contribution is -0.140. The number of aryl methyl sites for hydroxylation is 1. The van der Waals surface area contributed by atoms with Crippen LogP contribution in [0.15, 0.2) is 41.3 Å². The van der Waals surface area contributed by atoms with Crippen molar-refractivity contribution in [1.29, 1.82) is 0 Å². The zero-order valence-corrected chi connectivity index (χ0v) is 17.9. The first-order valence-electron chi connectivity index (χ1n) is 8.68. The highest BCUT2D eigenvalue weighted by molar-refractivity contribution is 7.89. The van der Waals surface area contributed by atoms with E-state index in [9.17, 15) is 26.4 Å². The molecule has 3 rings (SSSR count). The predicted molar refractivity (Wildman–Crippen MR) is 108 cm³/mol. The van der Waals surface area contributed by atoms with Crippen LogP contribution >= 0.6 is 11.3 Å². The Morgan fingerprint density at radius 2 is 1.77 bits per heavy atom. The molecule has 2 aromatic heterocycles. The molecule has 0 unspecified atom stereocenters. The Labute approximate surface area is 175 Å². The lowest BCUT2D eigenvalue weighted by atomic mass is 10.1. The number of amides is 1. The number of thiophene rings is 1. The second-order valence-corrected chi connectivity index (χ2v) is 9.87. The van der Waals surface area contributed by atoms with Crippen molar-refractivity contribution in [2.24, 2.45) is 0 Å². The minimum atomic E-state index is -4.55. The van der Waals surface area contributed by atoms with Gasteiger partial charge in [-0.25, -0.2) is 17.7 Å². The number of nitrogens with zero attached hydrogens (tertiary/aromatic N) is 2. The smallest absolute Gasteiger partial charge is 0.347 e. The van der Waals surface area contributed by atoms with Crippen LogP contribution < -0.4 is 5.32 Å². The quantitative estimate of drug-likeness (QED) is 0.632. The van der Waals surface area contributed by atoms with Gasteiger partial charge in [-0.05, 0) is 42.3 Å². The predicted octanol–water partition coefficient (Wildman–Crippen LogP) is 3.80. The number of hydrogen-bond acceptors (Lipinski definition) is 5. The van der Waals surface area contributed by atoms with Crippen molar-refractivity contribution in [2.75, 3.05) is 14.1 Å². The van der Waals surface area contributed by atoms with Crippen LogP contribution in [0.1, 0.15) is 26.5 Å². The van der Waals surface area contributed by atoms with Crippen LogP contribution in [0.3, 0.4) is 0 Å². The van der Waals surface area contributed by atoms with Crippen LogP contribution in [0.4, 0.5) is 13.2 Å². The molecule has 1 amide bonds. The van der Waals surface area contributed by atoms with Gasteiger partial charge < -0.3 is 5.32 Å². The number of aromatic nitrogens is 1. The van der Waals surface area contributed by atoms with Crippen molar-refractivity contribution in [3.8, 4) is 0 Å². The Morgan fingerprint density at radius 3 is 2.33 bits per heavy atom. The van der Waals surface area contributed by atoms with Crippen LogP contribution in [0.25, 0.3) is 10.2 Å². The van der Waals surface area contributed by atoms with Gasteiger partial charge in [0, 0.05) is 26.0 Å². The second kappa shape index (κ2) is 7.97. The van der Waals surface area contributed by atoms with E-state index in [1.807, 2.05) is 0 Å². The van der Waals surface area contributed by atoms with E-state index >= 15 is 0 Å². The zero-order chi connectivity index (χ0) is 22.3. The van der Waals surface area contributed by atoms with Gasteiger partial charge in [-0.1, -0.05) is 12.1 Å². The van der Waals surface area contributed by atoms with E-state index in [1.54, 1.807) is 19.1 Å². The largest absolute Gasteiger partial charge is 0.433 e. The Balaban J connectivity index is 1.76. The van der Waals surface area contributed by atoms with Gasteiger partial charge in [-0.2, -0.15) is 13.2 Å². The number of alkyl halides is 3. The van der Waals surface area contributed by atoms with E-state index in [1.165, 1.54) is 32.3 Å². The monoisotopic (exact) mass is 457 g/mol. The second-order valence-electron chi connectivity index (χ2n) is 6.72. The molecule has 11 heteroatoms. The van der Waals surface area contributed by atoms with E-state index < -0.39 is 27.8 Å². The van der Waals surface area contributed by atoms with Crippen LogP contribution in [0.5, 0.6) is 0 Å². The molecule has 160 valence electrons. The van der Waals surface area contributed by atoms with Gasteiger partial charge in [-0.15, -0.1) is 11.3 Å². The SMILES string of the molecule is Cc1c(C(=O)NCc2ccc(S(=O)(=O)N(C)C)cc2)sc2nc(C(F)(F)F)ccc12. The van der Waals surface area contributed by atoms with Crippen molar-refractivity contribution < 1.29 is 26.4 Å². The van der Waals surface area contributed by atoms with E-state index in [2.05, 4.69) is 10.3 Å². The highest BCUT2D eigenvalue weighted by Crippen LogP contribution is 2.34. The van der Waals surface area contributed by atoms with Crippen LogP contribution in [0.2, 0.25) is 0 Å². The third-order valence-electron chi connectivity index (χ3n) is 4.46. The summed E-state index contributed by atoms with van der Waals surface area (Å²) in [6, 6.07) is 8.29. The molecule has 0 spiro atoms. The van der Waals surface area contributed by atoms with Gasteiger partial charge in [0.25, 0.3) is 5.91 Å². The van der Waals surface area contributed by atoms with Gasteiger partial charge in [0.1, 0.15) is 10.5 Å². The maximum Gasteiger partial charge on any atom is 0.433 e. The number of sulfonamides is 1. The van der Waals surface area contributed by atoms with Crippen molar-refractivity contribution >= 4 is 37.5 Å². The van der Waals surface area contributed by atoms with E-state index in [0.29, 0.717) is 16.5 Å². The van der Waals surface area contributed by atoms with Crippen LogP contribution in [-0.4, -0.2) is 37.7 Å². The summed E-state index contributed by atoms with van der Waals surface area (Å²) in [5.41, 5.74) is 0.231. The first-order chi connectivity index (χ1) is 13.9. The van der Waals surface area contributed by atoms with E-state index in [0.717, 1.165) is 21.7 Å². The maximum atomic E-state index is 12.9. The van der Waals surface area contributed by atoms with E-state index in [4.69, 9.17) is 0 Å². The fraction of sp³-hybridized carbons (Fsp3) is 0.263. The third-order valence-corrected chi connectivity index (χ3v) is 7.48. The number of carbonyl (C=O) groups is 1. The summed E-state index contributed by atoms with van der Waals surface area (Å²) in [7, 11) is -0.674. The number of hydrogen-bond donors (Lipinski definition) is 1. The minimum Gasteiger partial charge on any atom is -0.347 e. The summed E-state index contributed by atoms with van der Waals surface area (Å²) in [4.78, 5) is 16.7. The molecule has 0 radical (unpaired) electrons. The lowest BCUT2D eigenvalue weighted by Crippen LogP contribution is -2.23. The van der Waals surface area contributed by atoms with E-state index in [-0.39, 0.29) is 21.1 Å². The molecule has 2 heterocycles. The molecule has 0 atom stereocenters.